The van der Waals surface area contributed by atoms with Gasteiger partial charge >= 0.3 is 0 Å². The van der Waals surface area contributed by atoms with Crippen molar-refractivity contribution in [2.45, 2.75) is 25.3 Å². The van der Waals surface area contributed by atoms with E-state index in [9.17, 15) is 8.42 Å². The van der Waals surface area contributed by atoms with Crippen molar-refractivity contribution in [2.24, 2.45) is 0 Å². The first-order chi connectivity index (χ1) is 8.47. The molecule has 5 nitrogen and oxygen atoms in total. The molecule has 6 heteroatoms. The molecular formula is C12H14N2O3S. The van der Waals surface area contributed by atoms with E-state index in [4.69, 9.17) is 4.18 Å². The molecule has 0 amide bonds. The lowest BCUT2D eigenvalue weighted by atomic mass is 10.2. The number of hydrogen-bond acceptors (Lipinski definition) is 4. The maximum atomic E-state index is 11.9. The summed E-state index contributed by atoms with van der Waals surface area (Å²) in [7, 11) is -3.71. The van der Waals surface area contributed by atoms with E-state index in [-0.39, 0.29) is 11.5 Å². The Hall–Kier alpha value is -1.66. The van der Waals surface area contributed by atoms with Crippen LogP contribution in [0, 0.1) is 13.8 Å². The van der Waals surface area contributed by atoms with Gasteiger partial charge in [0.25, 0.3) is 10.1 Å². The van der Waals surface area contributed by atoms with Crippen molar-refractivity contribution >= 4 is 10.1 Å². The number of imidazole rings is 1. The first-order valence-corrected chi connectivity index (χ1v) is 6.85. The van der Waals surface area contributed by atoms with Crippen molar-refractivity contribution in [1.29, 1.82) is 0 Å². The summed E-state index contributed by atoms with van der Waals surface area (Å²) in [6.45, 7) is 3.64. The van der Waals surface area contributed by atoms with Crippen molar-refractivity contribution in [1.82, 2.24) is 9.97 Å². The van der Waals surface area contributed by atoms with Crippen LogP contribution in [0.2, 0.25) is 0 Å². The molecule has 0 unspecified atom stereocenters. The normalized spacial score (nSPS) is 11.7. The average molecular weight is 266 g/mol. The molecule has 0 atom stereocenters. The summed E-state index contributed by atoms with van der Waals surface area (Å²) in [5.41, 5.74) is 1.63. The topological polar surface area (TPSA) is 72.1 Å². The number of aryl methyl sites for hydroxylation is 2. The van der Waals surface area contributed by atoms with Crippen LogP contribution in [-0.2, 0) is 20.9 Å². The third-order valence-electron chi connectivity index (χ3n) is 2.43. The summed E-state index contributed by atoms with van der Waals surface area (Å²) >= 11 is 0. The molecule has 96 valence electrons. The second kappa shape index (κ2) is 4.91. The van der Waals surface area contributed by atoms with Gasteiger partial charge in [0.15, 0.2) is 0 Å². The fourth-order valence-corrected chi connectivity index (χ4v) is 2.35. The summed E-state index contributed by atoms with van der Waals surface area (Å²) in [6, 6.07) is 6.53. The van der Waals surface area contributed by atoms with Gasteiger partial charge < -0.3 is 4.98 Å². The van der Waals surface area contributed by atoms with Gasteiger partial charge in [0, 0.05) is 0 Å². The number of nitrogens with zero attached hydrogens (tertiary/aromatic N) is 1. The molecule has 0 saturated carbocycles. The monoisotopic (exact) mass is 266 g/mol. The lowest BCUT2D eigenvalue weighted by Gasteiger charge is -2.04. The van der Waals surface area contributed by atoms with Crippen LogP contribution in [0.5, 0.6) is 0 Å². The maximum Gasteiger partial charge on any atom is 0.297 e. The molecule has 0 saturated heterocycles. The summed E-state index contributed by atoms with van der Waals surface area (Å²) in [5.74, 6) is 0.723. The zero-order valence-electron chi connectivity index (χ0n) is 10.2. The first kappa shape index (κ1) is 12.8. The van der Waals surface area contributed by atoms with Crippen LogP contribution in [0.25, 0.3) is 0 Å². The van der Waals surface area contributed by atoms with E-state index in [2.05, 4.69) is 9.97 Å². The van der Waals surface area contributed by atoms with Crippen LogP contribution >= 0.6 is 0 Å². The molecule has 1 heterocycles. The average Bonchev–Trinajstić information content (AvgIpc) is 2.73. The lowest BCUT2D eigenvalue weighted by Crippen LogP contribution is -2.06. The molecular weight excluding hydrogens is 252 g/mol. The van der Waals surface area contributed by atoms with E-state index >= 15 is 0 Å². The third kappa shape index (κ3) is 2.96. The van der Waals surface area contributed by atoms with Gasteiger partial charge in [0.05, 0.1) is 16.8 Å². The Morgan fingerprint density at radius 2 is 1.89 bits per heavy atom. The van der Waals surface area contributed by atoms with Crippen LogP contribution in [0.4, 0.5) is 0 Å². The zero-order valence-corrected chi connectivity index (χ0v) is 11.0. The predicted molar refractivity (Wildman–Crippen MR) is 66.5 cm³/mol. The second-order valence-electron chi connectivity index (χ2n) is 4.02. The smallest absolute Gasteiger partial charge is 0.297 e. The number of rotatable bonds is 4. The highest BCUT2D eigenvalue weighted by atomic mass is 32.2. The van der Waals surface area contributed by atoms with Crippen molar-refractivity contribution in [3.8, 4) is 0 Å². The highest BCUT2D eigenvalue weighted by molar-refractivity contribution is 7.86. The first-order valence-electron chi connectivity index (χ1n) is 5.44. The Morgan fingerprint density at radius 1 is 1.22 bits per heavy atom. The summed E-state index contributed by atoms with van der Waals surface area (Å²) in [6.07, 6.45) is 1.56. The van der Waals surface area contributed by atoms with Crippen LogP contribution in [-0.4, -0.2) is 18.4 Å². The SMILES string of the molecule is Cc1ccc(S(=O)(=O)OCc2cnc(C)[nH]2)cc1. The van der Waals surface area contributed by atoms with Crippen LogP contribution < -0.4 is 0 Å². The molecule has 0 aliphatic carbocycles. The number of aromatic nitrogens is 2. The standard InChI is InChI=1S/C12H14N2O3S/c1-9-3-5-12(6-4-9)18(15,16)17-8-11-7-13-10(2)14-11/h3-7H,8H2,1-2H3,(H,13,14). The molecule has 2 aromatic rings. The molecule has 18 heavy (non-hydrogen) atoms. The number of aromatic amines is 1. The highest BCUT2D eigenvalue weighted by Gasteiger charge is 2.15. The summed E-state index contributed by atoms with van der Waals surface area (Å²) in [4.78, 5) is 7.04. The minimum absolute atomic E-state index is 0.0446. The zero-order chi connectivity index (χ0) is 13.2. The van der Waals surface area contributed by atoms with Crippen molar-refractivity contribution in [3.63, 3.8) is 0 Å². The van der Waals surface area contributed by atoms with Gasteiger partial charge in [0.2, 0.25) is 0 Å². The summed E-state index contributed by atoms with van der Waals surface area (Å²) < 4.78 is 28.7. The molecule has 1 aromatic heterocycles. The van der Waals surface area contributed by atoms with E-state index in [1.165, 1.54) is 12.1 Å². The molecule has 1 aromatic carbocycles. The molecule has 0 bridgehead atoms. The van der Waals surface area contributed by atoms with Crippen molar-refractivity contribution < 1.29 is 12.6 Å². The van der Waals surface area contributed by atoms with Gasteiger partial charge in [-0.05, 0) is 26.0 Å². The van der Waals surface area contributed by atoms with Gasteiger partial charge in [-0.1, -0.05) is 17.7 Å². The molecule has 1 N–H and O–H groups in total. The number of benzene rings is 1. The van der Waals surface area contributed by atoms with E-state index in [1.54, 1.807) is 25.3 Å². The highest BCUT2D eigenvalue weighted by Crippen LogP contribution is 2.14. The Morgan fingerprint density at radius 3 is 2.44 bits per heavy atom. The molecule has 0 aliphatic heterocycles. The Balaban J connectivity index is 2.10. The Kier molecular flexibility index (Phi) is 3.49. The quantitative estimate of drug-likeness (QED) is 0.858. The van der Waals surface area contributed by atoms with Crippen LogP contribution in [0.3, 0.4) is 0 Å². The van der Waals surface area contributed by atoms with E-state index in [1.807, 2.05) is 6.92 Å². The Bertz CT molecular complexity index is 630. The molecule has 2 rings (SSSR count). The second-order valence-corrected chi connectivity index (χ2v) is 5.64. The molecule has 0 spiro atoms. The van der Waals surface area contributed by atoms with Gasteiger partial charge in [-0.2, -0.15) is 8.42 Å². The molecule has 0 aliphatic rings. The maximum absolute atomic E-state index is 11.9. The van der Waals surface area contributed by atoms with E-state index < -0.39 is 10.1 Å². The largest absolute Gasteiger partial charge is 0.344 e. The number of hydrogen-bond donors (Lipinski definition) is 1. The molecule has 0 radical (unpaired) electrons. The van der Waals surface area contributed by atoms with Crippen molar-refractivity contribution in [2.75, 3.05) is 0 Å². The van der Waals surface area contributed by atoms with E-state index in [0.29, 0.717) is 5.69 Å². The molecule has 0 fully saturated rings. The van der Waals surface area contributed by atoms with Gasteiger partial charge in [-0.15, -0.1) is 0 Å². The predicted octanol–water partition coefficient (Wildman–Crippen LogP) is 1.93. The van der Waals surface area contributed by atoms with Gasteiger partial charge in [0.1, 0.15) is 12.4 Å². The van der Waals surface area contributed by atoms with Crippen LogP contribution in [0.1, 0.15) is 17.1 Å². The summed E-state index contributed by atoms with van der Waals surface area (Å²) in [5, 5.41) is 0. The van der Waals surface area contributed by atoms with Gasteiger partial charge in [-0.3, -0.25) is 4.18 Å². The number of H-pyrrole nitrogens is 1. The van der Waals surface area contributed by atoms with Crippen molar-refractivity contribution in [3.05, 3.63) is 47.5 Å². The Labute approximate surface area is 106 Å². The minimum atomic E-state index is -3.71. The fraction of sp³-hybridized carbons (Fsp3) is 0.250. The fourth-order valence-electron chi connectivity index (χ4n) is 1.46. The van der Waals surface area contributed by atoms with Gasteiger partial charge in [-0.25, -0.2) is 4.98 Å². The van der Waals surface area contributed by atoms with Crippen LogP contribution in [0.15, 0.2) is 35.4 Å². The third-order valence-corrected chi connectivity index (χ3v) is 3.71. The lowest BCUT2D eigenvalue weighted by molar-refractivity contribution is 0.304. The number of nitrogens with one attached hydrogen (secondary N) is 1. The van der Waals surface area contributed by atoms with E-state index in [0.717, 1.165) is 11.4 Å². The minimum Gasteiger partial charge on any atom is -0.344 e.